The number of methoxy groups -OCH3 is 1. The third-order valence-corrected chi connectivity index (χ3v) is 6.07. The third kappa shape index (κ3) is 3.60. The fourth-order valence-corrected chi connectivity index (χ4v) is 4.42. The van der Waals surface area contributed by atoms with Gasteiger partial charge in [0.15, 0.2) is 0 Å². The van der Waals surface area contributed by atoms with Crippen LogP contribution in [0.25, 0.3) is 0 Å². The van der Waals surface area contributed by atoms with E-state index in [1.807, 2.05) is 12.1 Å². The number of hydrogen-bond acceptors (Lipinski definition) is 3. The molecule has 3 heteroatoms. The van der Waals surface area contributed by atoms with Crippen LogP contribution in [0.2, 0.25) is 0 Å². The summed E-state index contributed by atoms with van der Waals surface area (Å²) in [6, 6.07) is 34.5. The highest BCUT2D eigenvalue weighted by molar-refractivity contribution is 6.01. The van der Waals surface area contributed by atoms with Crippen LogP contribution >= 0.6 is 0 Å². The topological polar surface area (TPSA) is 15.7 Å². The Hall–Kier alpha value is -3.72. The van der Waals surface area contributed by atoms with Crippen molar-refractivity contribution in [1.82, 2.24) is 0 Å². The van der Waals surface area contributed by atoms with Crippen LogP contribution in [0, 0.1) is 0 Å². The first-order valence-corrected chi connectivity index (χ1v) is 11.3. The number of aryl methyl sites for hydroxylation is 1. The highest BCUT2D eigenvalue weighted by Crippen LogP contribution is 2.53. The first kappa shape index (κ1) is 20.2. The van der Waals surface area contributed by atoms with Gasteiger partial charge in [0.1, 0.15) is 5.75 Å². The smallest absolute Gasteiger partial charge is 0.119 e. The molecule has 0 atom stereocenters. The molecule has 0 amide bonds. The first-order chi connectivity index (χ1) is 15.8. The number of anilines is 6. The summed E-state index contributed by atoms with van der Waals surface area (Å²) in [7, 11) is 1.70. The maximum atomic E-state index is 5.38. The predicted octanol–water partition coefficient (Wildman–Crippen LogP) is 8.29. The minimum Gasteiger partial charge on any atom is -0.497 e. The van der Waals surface area contributed by atoms with E-state index in [0.717, 1.165) is 29.2 Å². The Morgan fingerprint density at radius 1 is 0.594 bits per heavy atom. The summed E-state index contributed by atoms with van der Waals surface area (Å²) >= 11 is 0. The lowest BCUT2D eigenvalue weighted by atomic mass is 10.0. The van der Waals surface area contributed by atoms with Gasteiger partial charge in [0, 0.05) is 11.4 Å². The summed E-state index contributed by atoms with van der Waals surface area (Å²) in [5.74, 6) is 0.858. The number of para-hydroxylation sites is 4. The van der Waals surface area contributed by atoms with Crippen molar-refractivity contribution >= 4 is 34.1 Å². The summed E-state index contributed by atoms with van der Waals surface area (Å²) in [5, 5.41) is 0. The lowest BCUT2D eigenvalue weighted by Crippen LogP contribution is -2.23. The van der Waals surface area contributed by atoms with Gasteiger partial charge < -0.3 is 14.5 Å². The maximum absolute atomic E-state index is 5.38. The van der Waals surface area contributed by atoms with Crippen LogP contribution in [0.3, 0.4) is 0 Å². The zero-order valence-corrected chi connectivity index (χ0v) is 18.7. The van der Waals surface area contributed by atoms with Gasteiger partial charge in [-0.05, 0) is 79.1 Å². The van der Waals surface area contributed by atoms with Gasteiger partial charge in [0.25, 0.3) is 0 Å². The zero-order chi connectivity index (χ0) is 21.9. The number of benzene rings is 4. The average molecular weight is 421 g/mol. The molecule has 1 aliphatic heterocycles. The molecule has 4 aromatic carbocycles. The van der Waals surface area contributed by atoms with Crippen LogP contribution < -0.4 is 14.5 Å². The molecule has 4 aromatic rings. The molecule has 0 bridgehead atoms. The predicted molar refractivity (Wildman–Crippen MR) is 135 cm³/mol. The molecule has 0 saturated carbocycles. The van der Waals surface area contributed by atoms with Crippen LogP contribution in [-0.2, 0) is 6.42 Å². The van der Waals surface area contributed by atoms with E-state index in [9.17, 15) is 0 Å². The monoisotopic (exact) mass is 420 g/mol. The summed E-state index contributed by atoms with van der Waals surface area (Å²) < 4.78 is 5.38. The SMILES string of the molecule is CCCCc1ccc(N2c3ccccc3N(c3ccc(OC)cc3)c3ccccc32)cc1. The molecule has 0 unspecified atom stereocenters. The van der Waals surface area contributed by atoms with Crippen LogP contribution in [0.4, 0.5) is 34.1 Å². The van der Waals surface area contributed by atoms with E-state index in [0.29, 0.717) is 0 Å². The van der Waals surface area contributed by atoms with Crippen molar-refractivity contribution in [2.75, 3.05) is 16.9 Å². The van der Waals surface area contributed by atoms with E-state index < -0.39 is 0 Å². The summed E-state index contributed by atoms with van der Waals surface area (Å²) in [4.78, 5) is 4.70. The van der Waals surface area contributed by atoms with Gasteiger partial charge in [-0.15, -0.1) is 0 Å². The van der Waals surface area contributed by atoms with E-state index >= 15 is 0 Å². The minimum atomic E-state index is 0.858. The van der Waals surface area contributed by atoms with Gasteiger partial charge in [0.2, 0.25) is 0 Å². The first-order valence-electron chi connectivity index (χ1n) is 11.3. The van der Waals surface area contributed by atoms with Gasteiger partial charge in [-0.1, -0.05) is 49.7 Å². The van der Waals surface area contributed by atoms with E-state index in [4.69, 9.17) is 4.74 Å². The second kappa shape index (κ2) is 8.80. The van der Waals surface area contributed by atoms with Crippen LogP contribution in [0.15, 0.2) is 97.1 Å². The Morgan fingerprint density at radius 3 is 1.44 bits per heavy atom. The molecule has 5 rings (SSSR count). The number of unbranched alkanes of at least 4 members (excludes halogenated alkanes) is 1. The van der Waals surface area contributed by atoms with Crippen molar-refractivity contribution in [3.8, 4) is 5.75 Å². The minimum absolute atomic E-state index is 0.858. The van der Waals surface area contributed by atoms with Gasteiger partial charge in [-0.3, -0.25) is 0 Å². The lowest BCUT2D eigenvalue weighted by Gasteiger charge is -2.40. The highest BCUT2D eigenvalue weighted by atomic mass is 16.5. The van der Waals surface area contributed by atoms with Crippen molar-refractivity contribution < 1.29 is 4.74 Å². The van der Waals surface area contributed by atoms with E-state index in [2.05, 4.69) is 102 Å². The Kier molecular flexibility index (Phi) is 5.55. The fourth-order valence-electron chi connectivity index (χ4n) is 4.42. The highest BCUT2D eigenvalue weighted by Gasteiger charge is 2.29. The van der Waals surface area contributed by atoms with E-state index in [1.54, 1.807) is 7.11 Å². The van der Waals surface area contributed by atoms with Crippen molar-refractivity contribution in [3.63, 3.8) is 0 Å². The second-order valence-corrected chi connectivity index (χ2v) is 8.12. The molecular weight excluding hydrogens is 392 g/mol. The van der Waals surface area contributed by atoms with Crippen molar-refractivity contribution in [1.29, 1.82) is 0 Å². The number of hydrogen-bond donors (Lipinski definition) is 0. The quantitative estimate of drug-likeness (QED) is 0.275. The number of fused-ring (bicyclic) bond motifs is 2. The molecule has 160 valence electrons. The molecule has 3 nitrogen and oxygen atoms in total. The standard InChI is InChI=1S/C29H28N2O/c1-3-4-9-22-14-16-23(17-15-22)30-26-10-5-7-12-28(26)31(29-13-8-6-11-27(29)30)24-18-20-25(32-2)21-19-24/h5-8,10-21H,3-4,9H2,1-2H3. The molecule has 1 heterocycles. The van der Waals surface area contributed by atoms with E-state index in [-0.39, 0.29) is 0 Å². The molecule has 0 aliphatic carbocycles. The Balaban J connectivity index is 1.63. The Labute approximate surface area is 190 Å². The molecule has 1 aliphatic rings. The fraction of sp³-hybridized carbons (Fsp3) is 0.172. The van der Waals surface area contributed by atoms with Crippen LogP contribution in [0.1, 0.15) is 25.3 Å². The molecule has 0 radical (unpaired) electrons. The summed E-state index contributed by atoms with van der Waals surface area (Å²) in [6.45, 7) is 2.24. The number of rotatable bonds is 6. The maximum Gasteiger partial charge on any atom is 0.119 e. The van der Waals surface area contributed by atoms with Crippen LogP contribution in [-0.4, -0.2) is 7.11 Å². The average Bonchev–Trinajstić information content (AvgIpc) is 2.86. The number of ether oxygens (including phenoxy) is 1. The normalized spacial score (nSPS) is 12.3. The zero-order valence-electron chi connectivity index (χ0n) is 18.7. The summed E-state index contributed by atoms with van der Waals surface area (Å²) in [5.41, 5.74) is 8.35. The summed E-state index contributed by atoms with van der Waals surface area (Å²) in [6.07, 6.45) is 3.58. The molecule has 0 spiro atoms. The molecule has 0 N–H and O–H groups in total. The molecule has 0 aromatic heterocycles. The van der Waals surface area contributed by atoms with Crippen LogP contribution in [0.5, 0.6) is 5.75 Å². The largest absolute Gasteiger partial charge is 0.497 e. The Bertz CT molecular complexity index is 1150. The van der Waals surface area contributed by atoms with Gasteiger partial charge >= 0.3 is 0 Å². The van der Waals surface area contributed by atoms with E-state index in [1.165, 1.54) is 35.5 Å². The van der Waals surface area contributed by atoms with Crippen molar-refractivity contribution in [3.05, 3.63) is 103 Å². The van der Waals surface area contributed by atoms with Gasteiger partial charge in [0.05, 0.1) is 29.9 Å². The van der Waals surface area contributed by atoms with Gasteiger partial charge in [-0.2, -0.15) is 0 Å². The van der Waals surface area contributed by atoms with Crippen molar-refractivity contribution in [2.24, 2.45) is 0 Å². The second-order valence-electron chi connectivity index (χ2n) is 8.12. The van der Waals surface area contributed by atoms with Gasteiger partial charge in [-0.25, -0.2) is 0 Å². The number of nitrogens with zero attached hydrogens (tertiary/aromatic N) is 2. The molecule has 0 fully saturated rings. The lowest BCUT2D eigenvalue weighted by molar-refractivity contribution is 0.415. The molecular formula is C29H28N2O. The van der Waals surface area contributed by atoms with Crippen molar-refractivity contribution in [2.45, 2.75) is 26.2 Å². The molecule has 32 heavy (non-hydrogen) atoms. The molecule has 0 saturated heterocycles. The third-order valence-electron chi connectivity index (χ3n) is 6.07. The Morgan fingerprint density at radius 2 is 1.03 bits per heavy atom.